The maximum atomic E-state index is 12.9. The molecule has 0 unspecified atom stereocenters. The Hall–Kier alpha value is -3.17. The zero-order chi connectivity index (χ0) is 22.0. The molecule has 0 saturated carbocycles. The maximum Gasteiger partial charge on any atom is 0.453 e. The highest BCUT2D eigenvalue weighted by Crippen LogP contribution is 2.27. The van der Waals surface area contributed by atoms with Crippen molar-refractivity contribution >= 4 is 17.5 Å². The molecular weight excluding hydrogens is 409 g/mol. The minimum absolute atomic E-state index is 0.0386. The quantitative estimate of drug-likeness (QED) is 0.669. The Kier molecular flexibility index (Phi) is 5.79. The summed E-state index contributed by atoms with van der Waals surface area (Å²) < 4.78 is 39.8. The van der Waals surface area contributed by atoms with E-state index in [1.54, 1.807) is 17.9 Å². The molecule has 0 bridgehead atoms. The van der Waals surface area contributed by atoms with Crippen LogP contribution in [0, 0.1) is 12.8 Å². The van der Waals surface area contributed by atoms with Crippen LogP contribution < -0.4 is 5.32 Å². The van der Waals surface area contributed by atoms with Crippen LogP contribution >= 0.6 is 0 Å². The molecular formula is C21H23F3N6O. The number of carbonyl (C=O) groups excluding carboxylic acids is 1. The van der Waals surface area contributed by atoms with Gasteiger partial charge in [-0.2, -0.15) is 22.7 Å². The molecule has 4 rings (SSSR count). The van der Waals surface area contributed by atoms with E-state index >= 15 is 0 Å². The highest BCUT2D eigenvalue weighted by atomic mass is 19.4. The van der Waals surface area contributed by atoms with Crippen LogP contribution in [0.5, 0.6) is 0 Å². The van der Waals surface area contributed by atoms with Gasteiger partial charge in [0, 0.05) is 24.8 Å². The topological polar surface area (TPSA) is 75.4 Å². The first kappa shape index (κ1) is 21.1. The monoisotopic (exact) mass is 432 g/mol. The minimum atomic E-state index is -4.67. The first-order valence-corrected chi connectivity index (χ1v) is 10.2. The number of benzene rings is 1. The lowest BCUT2D eigenvalue weighted by Crippen LogP contribution is -2.41. The van der Waals surface area contributed by atoms with E-state index in [1.165, 1.54) is 5.56 Å². The summed E-state index contributed by atoms with van der Waals surface area (Å²) in [5.74, 6) is -0.739. The van der Waals surface area contributed by atoms with Gasteiger partial charge in [-0.1, -0.05) is 30.3 Å². The molecule has 1 fully saturated rings. The number of aryl methyl sites for hydroxylation is 1. The Bertz CT molecular complexity index is 1060. The van der Waals surface area contributed by atoms with E-state index in [9.17, 15) is 18.0 Å². The number of piperidine rings is 1. The number of nitrogens with zero attached hydrogens (tertiary/aromatic N) is 5. The molecule has 31 heavy (non-hydrogen) atoms. The van der Waals surface area contributed by atoms with Gasteiger partial charge in [-0.15, -0.1) is 5.10 Å². The first-order valence-electron chi connectivity index (χ1n) is 10.2. The second kappa shape index (κ2) is 8.52. The third-order valence-electron chi connectivity index (χ3n) is 5.45. The molecule has 0 atom stereocenters. The minimum Gasteiger partial charge on any atom is -0.361 e. The Labute approximate surface area is 177 Å². The maximum absolute atomic E-state index is 12.9. The Morgan fingerprint density at radius 3 is 2.55 bits per heavy atom. The highest BCUT2D eigenvalue weighted by Gasteiger charge is 2.37. The van der Waals surface area contributed by atoms with Crippen LogP contribution in [0.2, 0.25) is 0 Å². The predicted octanol–water partition coefficient (Wildman–Crippen LogP) is 3.34. The van der Waals surface area contributed by atoms with Crippen molar-refractivity contribution in [2.24, 2.45) is 5.92 Å². The van der Waals surface area contributed by atoms with Crippen LogP contribution in [0.3, 0.4) is 0 Å². The number of carbonyl (C=O) groups is 1. The zero-order valence-corrected chi connectivity index (χ0v) is 17.1. The molecule has 3 aromatic rings. The zero-order valence-electron chi connectivity index (χ0n) is 17.1. The number of rotatable bonds is 5. The van der Waals surface area contributed by atoms with Gasteiger partial charge in [-0.3, -0.25) is 4.79 Å². The standard InChI is InChI=1S/C21H23F3N6O/c1-14-11-17(30-20(26-14)27-19(28-30)21(22,23)24)25-13-18(31)29-9-7-16(8-10-29)12-15-5-3-2-4-6-15/h2-6,11,16,25H,7-10,12-13H2,1H3. The van der Waals surface area contributed by atoms with Gasteiger partial charge >= 0.3 is 6.18 Å². The van der Waals surface area contributed by atoms with Crippen molar-refractivity contribution in [3.63, 3.8) is 0 Å². The van der Waals surface area contributed by atoms with E-state index < -0.39 is 12.0 Å². The molecule has 1 aromatic carbocycles. The molecule has 3 heterocycles. The van der Waals surface area contributed by atoms with Crippen molar-refractivity contribution in [2.45, 2.75) is 32.4 Å². The fourth-order valence-electron chi connectivity index (χ4n) is 3.84. The number of fused-ring (bicyclic) bond motifs is 1. The fraction of sp³-hybridized carbons (Fsp3) is 0.429. The number of amides is 1. The van der Waals surface area contributed by atoms with Crippen molar-refractivity contribution in [3.05, 3.63) is 53.5 Å². The number of nitrogens with one attached hydrogen (secondary N) is 1. The number of aromatic nitrogens is 4. The number of alkyl halides is 3. The van der Waals surface area contributed by atoms with Gasteiger partial charge in [0.2, 0.25) is 5.91 Å². The largest absolute Gasteiger partial charge is 0.453 e. The number of hydrogen-bond acceptors (Lipinski definition) is 5. The Morgan fingerprint density at radius 1 is 1.16 bits per heavy atom. The molecule has 1 saturated heterocycles. The predicted molar refractivity (Wildman–Crippen MR) is 108 cm³/mol. The SMILES string of the molecule is Cc1cc(NCC(=O)N2CCC(Cc3ccccc3)CC2)n2nc(C(F)(F)F)nc2n1. The molecule has 7 nitrogen and oxygen atoms in total. The lowest BCUT2D eigenvalue weighted by molar-refractivity contribution is -0.144. The van der Waals surface area contributed by atoms with Crippen molar-refractivity contribution in [1.82, 2.24) is 24.5 Å². The molecule has 2 aromatic heterocycles. The van der Waals surface area contributed by atoms with Gasteiger partial charge in [-0.05, 0) is 37.7 Å². The normalized spacial score (nSPS) is 15.4. The smallest absolute Gasteiger partial charge is 0.361 e. The lowest BCUT2D eigenvalue weighted by atomic mass is 9.90. The Morgan fingerprint density at radius 2 is 1.87 bits per heavy atom. The summed E-state index contributed by atoms with van der Waals surface area (Å²) in [7, 11) is 0. The van der Waals surface area contributed by atoms with Gasteiger partial charge in [0.05, 0.1) is 6.54 Å². The van der Waals surface area contributed by atoms with Gasteiger partial charge in [-0.25, -0.2) is 4.98 Å². The fourth-order valence-corrected chi connectivity index (χ4v) is 3.84. The second-order valence-electron chi connectivity index (χ2n) is 7.80. The number of halogens is 3. The van der Waals surface area contributed by atoms with E-state index in [-0.39, 0.29) is 24.0 Å². The van der Waals surface area contributed by atoms with E-state index in [0.29, 0.717) is 24.7 Å². The van der Waals surface area contributed by atoms with Crippen LogP contribution in [0.25, 0.3) is 5.78 Å². The molecule has 164 valence electrons. The summed E-state index contributed by atoms with van der Waals surface area (Å²) in [4.78, 5) is 21.9. The van der Waals surface area contributed by atoms with Crippen molar-refractivity contribution < 1.29 is 18.0 Å². The summed E-state index contributed by atoms with van der Waals surface area (Å²) in [5, 5.41) is 6.40. The van der Waals surface area contributed by atoms with Crippen LogP contribution in [-0.4, -0.2) is 50.0 Å². The van der Waals surface area contributed by atoms with E-state index in [4.69, 9.17) is 0 Å². The van der Waals surface area contributed by atoms with Crippen LogP contribution in [0.15, 0.2) is 36.4 Å². The molecule has 1 N–H and O–H groups in total. The van der Waals surface area contributed by atoms with Crippen molar-refractivity contribution in [2.75, 3.05) is 25.0 Å². The highest BCUT2D eigenvalue weighted by molar-refractivity contribution is 5.80. The lowest BCUT2D eigenvalue weighted by Gasteiger charge is -2.32. The molecule has 0 spiro atoms. The van der Waals surface area contributed by atoms with Gasteiger partial charge < -0.3 is 10.2 Å². The summed E-state index contributed by atoms with van der Waals surface area (Å²) >= 11 is 0. The Balaban J connectivity index is 1.36. The average Bonchev–Trinajstić information content (AvgIpc) is 3.18. The molecule has 1 aliphatic rings. The van der Waals surface area contributed by atoms with Crippen molar-refractivity contribution in [3.8, 4) is 0 Å². The van der Waals surface area contributed by atoms with Crippen LogP contribution in [0.1, 0.15) is 29.9 Å². The number of likely N-dealkylation sites (tertiary alicyclic amines) is 1. The molecule has 0 radical (unpaired) electrons. The van der Waals surface area contributed by atoms with Gasteiger partial charge in [0.15, 0.2) is 0 Å². The number of hydrogen-bond donors (Lipinski definition) is 1. The molecule has 1 aliphatic heterocycles. The van der Waals surface area contributed by atoms with Gasteiger partial charge in [0.25, 0.3) is 11.6 Å². The summed E-state index contributed by atoms with van der Waals surface area (Å²) in [5.41, 5.74) is 1.78. The van der Waals surface area contributed by atoms with Gasteiger partial charge in [0.1, 0.15) is 5.82 Å². The number of anilines is 1. The third-order valence-corrected chi connectivity index (χ3v) is 5.45. The third kappa shape index (κ3) is 4.95. The van der Waals surface area contributed by atoms with E-state index in [1.807, 2.05) is 18.2 Å². The average molecular weight is 432 g/mol. The van der Waals surface area contributed by atoms with Crippen LogP contribution in [-0.2, 0) is 17.4 Å². The summed E-state index contributed by atoms with van der Waals surface area (Å²) in [6.45, 7) is 2.95. The molecule has 0 aliphatic carbocycles. The molecule has 10 heteroatoms. The molecule has 1 amide bonds. The van der Waals surface area contributed by atoms with Crippen LogP contribution in [0.4, 0.5) is 19.0 Å². The van der Waals surface area contributed by atoms with Crippen molar-refractivity contribution in [1.29, 1.82) is 0 Å². The summed E-state index contributed by atoms with van der Waals surface area (Å²) in [6, 6.07) is 11.8. The van der Waals surface area contributed by atoms with E-state index in [2.05, 4.69) is 32.5 Å². The summed E-state index contributed by atoms with van der Waals surface area (Å²) in [6.07, 6.45) is -1.81. The second-order valence-corrected chi connectivity index (χ2v) is 7.80. The first-order chi connectivity index (χ1) is 14.8. The van der Waals surface area contributed by atoms with E-state index in [0.717, 1.165) is 23.8 Å².